The molecule has 0 saturated heterocycles. The number of nitrogens with zero attached hydrogens (tertiary/aromatic N) is 1. The van der Waals surface area contributed by atoms with Gasteiger partial charge >= 0.3 is 6.09 Å². The molecule has 5 heteroatoms. The van der Waals surface area contributed by atoms with Crippen molar-refractivity contribution in [2.24, 2.45) is 0 Å². The topological polar surface area (TPSA) is 29.5 Å². The van der Waals surface area contributed by atoms with Gasteiger partial charge in [-0.25, -0.2) is 9.18 Å². The number of halogens is 2. The Morgan fingerprint density at radius 3 is 2.52 bits per heavy atom. The van der Waals surface area contributed by atoms with Crippen molar-refractivity contribution in [3.8, 4) is 0 Å². The van der Waals surface area contributed by atoms with Crippen LogP contribution in [0.5, 0.6) is 0 Å². The molecule has 118 valence electrons. The molecular weight excluding hydrogens is 337 g/mol. The van der Waals surface area contributed by atoms with Crippen LogP contribution in [-0.2, 0) is 11.3 Å². The highest BCUT2D eigenvalue weighted by molar-refractivity contribution is 9.10. The minimum atomic E-state index is -0.561. The van der Waals surface area contributed by atoms with E-state index in [-0.39, 0.29) is 12.4 Å². The van der Waals surface area contributed by atoms with E-state index in [1.165, 1.54) is 4.90 Å². The van der Waals surface area contributed by atoms with Crippen molar-refractivity contribution in [2.75, 3.05) is 6.54 Å². The zero-order chi connectivity index (χ0) is 16.2. The molecule has 0 atom stereocenters. The maximum atomic E-state index is 14.2. The quantitative estimate of drug-likeness (QED) is 0.753. The Balaban J connectivity index is 2.96. The lowest BCUT2D eigenvalue weighted by Crippen LogP contribution is -2.37. The van der Waals surface area contributed by atoms with Crippen molar-refractivity contribution in [3.63, 3.8) is 0 Å². The lowest BCUT2D eigenvalue weighted by atomic mass is 10.1. The Morgan fingerprint density at radius 1 is 1.38 bits per heavy atom. The zero-order valence-corrected chi connectivity index (χ0v) is 14.9. The predicted octanol–water partition coefficient (Wildman–Crippen LogP) is 5.04. The Bertz CT molecular complexity index is 512. The van der Waals surface area contributed by atoms with Gasteiger partial charge in [0.25, 0.3) is 0 Å². The molecule has 0 radical (unpaired) electrons. The molecule has 0 saturated carbocycles. The van der Waals surface area contributed by atoms with E-state index in [2.05, 4.69) is 15.9 Å². The van der Waals surface area contributed by atoms with Gasteiger partial charge in [0, 0.05) is 16.6 Å². The summed E-state index contributed by atoms with van der Waals surface area (Å²) in [5, 5.41) is 0. The number of carbonyl (C=O) groups is 1. The number of carbonyl (C=O) groups excluding carboxylic acids is 1. The molecule has 0 aliphatic heterocycles. The molecule has 0 unspecified atom stereocenters. The van der Waals surface area contributed by atoms with Gasteiger partial charge in [0.15, 0.2) is 0 Å². The van der Waals surface area contributed by atoms with Gasteiger partial charge in [0.1, 0.15) is 11.4 Å². The summed E-state index contributed by atoms with van der Waals surface area (Å²) in [4.78, 5) is 13.7. The maximum Gasteiger partial charge on any atom is 0.410 e. The molecule has 3 nitrogen and oxygen atoms in total. The van der Waals surface area contributed by atoms with Crippen molar-refractivity contribution in [3.05, 3.63) is 33.5 Å². The van der Waals surface area contributed by atoms with Crippen molar-refractivity contribution >= 4 is 22.0 Å². The third-order valence-corrected chi connectivity index (χ3v) is 3.26. The lowest BCUT2D eigenvalue weighted by Gasteiger charge is -2.27. The molecule has 1 amide bonds. The average molecular weight is 360 g/mol. The van der Waals surface area contributed by atoms with E-state index in [1.807, 2.05) is 27.7 Å². The standard InChI is InChI=1S/C16H23BrFNO2/c1-6-7-19(15(20)21-16(3,4)5)10-12-9-13(17)8-11(2)14(12)18/h8-9H,6-7,10H2,1-5H3. The maximum absolute atomic E-state index is 14.2. The van der Waals surface area contributed by atoms with Crippen LogP contribution in [0.3, 0.4) is 0 Å². The third-order valence-electron chi connectivity index (χ3n) is 2.80. The van der Waals surface area contributed by atoms with Crippen LogP contribution in [0.2, 0.25) is 0 Å². The van der Waals surface area contributed by atoms with Crippen LogP contribution < -0.4 is 0 Å². The number of aryl methyl sites for hydroxylation is 1. The molecule has 0 fully saturated rings. The summed E-state index contributed by atoms with van der Waals surface area (Å²) in [6, 6.07) is 3.42. The van der Waals surface area contributed by atoms with Gasteiger partial charge < -0.3 is 9.64 Å². The number of amides is 1. The van der Waals surface area contributed by atoms with Gasteiger partial charge in [-0.2, -0.15) is 0 Å². The minimum Gasteiger partial charge on any atom is -0.444 e. The fraction of sp³-hybridized carbons (Fsp3) is 0.562. The molecular formula is C16H23BrFNO2. The van der Waals surface area contributed by atoms with Crippen LogP contribution in [0.15, 0.2) is 16.6 Å². The number of hydrogen-bond acceptors (Lipinski definition) is 2. The summed E-state index contributed by atoms with van der Waals surface area (Å²) < 4.78 is 20.4. The van der Waals surface area contributed by atoms with Gasteiger partial charge in [-0.1, -0.05) is 22.9 Å². The first kappa shape index (κ1) is 18.0. The van der Waals surface area contributed by atoms with E-state index in [0.29, 0.717) is 17.7 Å². The van der Waals surface area contributed by atoms with Gasteiger partial charge in [-0.15, -0.1) is 0 Å². The van der Waals surface area contributed by atoms with Crippen molar-refractivity contribution in [1.29, 1.82) is 0 Å². The summed E-state index contributed by atoms with van der Waals surface area (Å²) in [5.74, 6) is -0.275. The summed E-state index contributed by atoms with van der Waals surface area (Å²) >= 11 is 3.36. The van der Waals surface area contributed by atoms with E-state index in [4.69, 9.17) is 4.74 Å². The summed E-state index contributed by atoms with van der Waals surface area (Å²) in [6.07, 6.45) is 0.370. The molecule has 0 N–H and O–H groups in total. The van der Waals surface area contributed by atoms with Crippen LogP contribution >= 0.6 is 15.9 Å². The van der Waals surface area contributed by atoms with E-state index in [9.17, 15) is 9.18 Å². The first-order valence-corrected chi connectivity index (χ1v) is 7.85. The van der Waals surface area contributed by atoms with E-state index in [1.54, 1.807) is 19.1 Å². The monoisotopic (exact) mass is 359 g/mol. The van der Waals surface area contributed by atoms with Crippen LogP contribution in [-0.4, -0.2) is 23.1 Å². The van der Waals surface area contributed by atoms with Gasteiger partial charge in [0.2, 0.25) is 0 Å². The molecule has 21 heavy (non-hydrogen) atoms. The molecule has 0 aliphatic carbocycles. The van der Waals surface area contributed by atoms with Crippen LogP contribution in [0, 0.1) is 12.7 Å². The first-order chi connectivity index (χ1) is 9.64. The van der Waals surface area contributed by atoms with E-state index < -0.39 is 11.7 Å². The fourth-order valence-corrected chi connectivity index (χ4v) is 2.57. The van der Waals surface area contributed by atoms with E-state index in [0.717, 1.165) is 10.9 Å². The Labute approximate surface area is 134 Å². The third kappa shape index (κ3) is 5.65. The van der Waals surface area contributed by atoms with E-state index >= 15 is 0 Å². The molecule has 0 spiro atoms. The largest absolute Gasteiger partial charge is 0.444 e. The van der Waals surface area contributed by atoms with Gasteiger partial charge in [0.05, 0.1) is 6.54 Å². The number of hydrogen-bond donors (Lipinski definition) is 0. The average Bonchev–Trinajstić information content (AvgIpc) is 2.32. The van der Waals surface area contributed by atoms with Crippen LogP contribution in [0.25, 0.3) is 0 Å². The summed E-state index contributed by atoms with van der Waals surface area (Å²) in [6.45, 7) is 9.87. The molecule has 1 aromatic carbocycles. The Kier molecular flexibility index (Phi) is 6.20. The second kappa shape index (κ2) is 7.25. The zero-order valence-electron chi connectivity index (χ0n) is 13.3. The highest BCUT2D eigenvalue weighted by Crippen LogP contribution is 2.22. The molecule has 0 bridgehead atoms. The van der Waals surface area contributed by atoms with Gasteiger partial charge in [-0.05, 0) is 51.8 Å². The predicted molar refractivity (Wildman–Crippen MR) is 85.8 cm³/mol. The molecule has 1 aromatic rings. The Morgan fingerprint density at radius 2 is 2.00 bits per heavy atom. The van der Waals surface area contributed by atoms with Crippen molar-refractivity contribution in [2.45, 2.75) is 53.2 Å². The van der Waals surface area contributed by atoms with Crippen LogP contribution in [0.4, 0.5) is 9.18 Å². The number of rotatable bonds is 4. The highest BCUT2D eigenvalue weighted by Gasteiger charge is 2.23. The second-order valence-corrected chi connectivity index (χ2v) is 7.01. The molecule has 1 rings (SSSR count). The summed E-state index contributed by atoms with van der Waals surface area (Å²) in [7, 11) is 0. The molecule has 0 aromatic heterocycles. The number of ether oxygens (including phenoxy) is 1. The molecule has 0 heterocycles. The highest BCUT2D eigenvalue weighted by atomic mass is 79.9. The normalized spacial score (nSPS) is 11.4. The van der Waals surface area contributed by atoms with Crippen molar-refractivity contribution in [1.82, 2.24) is 4.90 Å². The van der Waals surface area contributed by atoms with Crippen molar-refractivity contribution < 1.29 is 13.9 Å². The second-order valence-electron chi connectivity index (χ2n) is 6.10. The lowest BCUT2D eigenvalue weighted by molar-refractivity contribution is 0.0232. The van der Waals surface area contributed by atoms with Gasteiger partial charge in [-0.3, -0.25) is 0 Å². The minimum absolute atomic E-state index is 0.203. The SMILES string of the molecule is CCCN(Cc1cc(Br)cc(C)c1F)C(=O)OC(C)(C)C. The van der Waals surface area contributed by atoms with Crippen LogP contribution in [0.1, 0.15) is 45.2 Å². The number of benzene rings is 1. The fourth-order valence-electron chi connectivity index (χ4n) is 1.95. The molecule has 0 aliphatic rings. The first-order valence-electron chi connectivity index (χ1n) is 7.06. The smallest absolute Gasteiger partial charge is 0.410 e. The Hall–Kier alpha value is -1.10. The summed E-state index contributed by atoms with van der Waals surface area (Å²) in [5.41, 5.74) is 0.482.